The Labute approximate surface area is 239 Å². The van der Waals surface area contributed by atoms with E-state index in [0.29, 0.717) is 29.2 Å². The van der Waals surface area contributed by atoms with Crippen LogP contribution < -0.4 is 9.47 Å². The maximum Gasteiger partial charge on any atom is 0.254 e. The molecular formula is C35H32N2O4. The molecule has 6 heteroatoms. The molecule has 2 unspecified atom stereocenters. The van der Waals surface area contributed by atoms with Crippen LogP contribution in [0.2, 0.25) is 0 Å². The highest BCUT2D eigenvalue weighted by molar-refractivity contribution is 6.09. The lowest BCUT2D eigenvalue weighted by atomic mass is 9.73. The largest absolute Gasteiger partial charge is 0.493 e. The number of fused-ring (bicyclic) bond motifs is 7. The number of para-hydroxylation sites is 1. The Hall–Kier alpha value is -4.58. The van der Waals surface area contributed by atoms with Gasteiger partial charge in [0.05, 0.1) is 26.2 Å². The van der Waals surface area contributed by atoms with Gasteiger partial charge in [-0.15, -0.1) is 0 Å². The van der Waals surface area contributed by atoms with Crippen molar-refractivity contribution in [3.8, 4) is 11.5 Å². The Bertz CT molecular complexity index is 1850. The van der Waals surface area contributed by atoms with E-state index in [1.54, 1.807) is 20.3 Å². The number of amides is 1. The summed E-state index contributed by atoms with van der Waals surface area (Å²) in [4.78, 5) is 30.3. The molecule has 0 spiro atoms. The number of aromatic nitrogens is 1. The molecule has 0 saturated heterocycles. The lowest BCUT2D eigenvalue weighted by Gasteiger charge is -2.45. The second-order valence-electron chi connectivity index (χ2n) is 10.9. The van der Waals surface area contributed by atoms with Gasteiger partial charge >= 0.3 is 0 Å². The van der Waals surface area contributed by atoms with E-state index >= 15 is 0 Å². The molecule has 0 N–H and O–H groups in total. The lowest BCUT2D eigenvalue weighted by molar-refractivity contribution is -0.121. The standard InChI is InChI=1S/C35H32N2O4/c1-4-36-28-12-8-7-11-24(28)25-17-21(13-14-29(25)36)18-30(38)33-26-19-31(40-2)32(41-3)20-27(26)35(39)37-16-15-22-9-5-6-10-23(22)34(33)37/h5-14,17,19-20,33-34H,4,15-16,18H2,1-3H3. The van der Waals surface area contributed by atoms with Crippen LogP contribution in [0, 0.1) is 0 Å². The molecule has 0 radical (unpaired) electrons. The van der Waals surface area contributed by atoms with Crippen LogP contribution in [0.5, 0.6) is 11.5 Å². The second-order valence-corrected chi connectivity index (χ2v) is 10.9. The monoisotopic (exact) mass is 544 g/mol. The van der Waals surface area contributed by atoms with Crippen molar-refractivity contribution in [1.29, 1.82) is 0 Å². The van der Waals surface area contributed by atoms with Gasteiger partial charge in [0.1, 0.15) is 5.78 Å². The first-order chi connectivity index (χ1) is 20.0. The highest BCUT2D eigenvalue weighted by Crippen LogP contribution is 2.49. The van der Waals surface area contributed by atoms with Crippen LogP contribution in [0.4, 0.5) is 0 Å². The quantitative estimate of drug-likeness (QED) is 0.246. The van der Waals surface area contributed by atoms with Crippen LogP contribution in [0.25, 0.3) is 21.8 Å². The van der Waals surface area contributed by atoms with E-state index in [1.165, 1.54) is 22.0 Å². The summed E-state index contributed by atoms with van der Waals surface area (Å²) in [6, 6.07) is 26.2. The van der Waals surface area contributed by atoms with Gasteiger partial charge in [0.25, 0.3) is 5.91 Å². The molecule has 0 saturated carbocycles. The molecule has 206 valence electrons. The molecule has 0 fully saturated rings. The zero-order chi connectivity index (χ0) is 28.2. The molecule has 41 heavy (non-hydrogen) atoms. The van der Waals surface area contributed by atoms with Crippen molar-refractivity contribution in [2.45, 2.75) is 38.3 Å². The van der Waals surface area contributed by atoms with E-state index in [-0.39, 0.29) is 24.2 Å². The lowest BCUT2D eigenvalue weighted by Crippen LogP contribution is -2.48. The molecule has 2 aliphatic heterocycles. The normalized spacial score (nSPS) is 17.7. The number of ether oxygens (including phenoxy) is 2. The number of Topliss-reactive ketones (excluding diaryl/α,β-unsaturated/α-hetero) is 1. The SMILES string of the molecule is CCn1c2ccccc2c2cc(CC(=O)C3c4cc(OC)c(OC)cc4C(=O)N4CCc5ccccc5C34)ccc21. The Morgan fingerprint density at radius 3 is 2.39 bits per heavy atom. The zero-order valence-electron chi connectivity index (χ0n) is 23.5. The third-order valence-electron chi connectivity index (χ3n) is 8.91. The van der Waals surface area contributed by atoms with Crippen molar-refractivity contribution in [3.05, 3.63) is 107 Å². The fraction of sp³-hybridized carbons (Fsp3) is 0.257. The van der Waals surface area contributed by atoms with Crippen LogP contribution in [0.3, 0.4) is 0 Å². The first-order valence-corrected chi connectivity index (χ1v) is 14.2. The van der Waals surface area contributed by atoms with Crippen molar-refractivity contribution in [2.75, 3.05) is 20.8 Å². The maximum atomic E-state index is 14.5. The van der Waals surface area contributed by atoms with E-state index in [0.717, 1.165) is 29.5 Å². The third-order valence-corrected chi connectivity index (χ3v) is 8.91. The summed E-state index contributed by atoms with van der Waals surface area (Å²) in [5, 5.41) is 2.35. The predicted octanol–water partition coefficient (Wildman–Crippen LogP) is 6.48. The first kappa shape index (κ1) is 25.4. The number of nitrogens with zero attached hydrogens (tertiary/aromatic N) is 2. The second kappa shape index (κ2) is 9.81. The van der Waals surface area contributed by atoms with Gasteiger partial charge in [-0.1, -0.05) is 48.5 Å². The third kappa shape index (κ3) is 3.85. The minimum atomic E-state index is -0.531. The number of hydrogen-bond donors (Lipinski definition) is 0. The number of benzene rings is 4. The Morgan fingerprint density at radius 1 is 0.854 bits per heavy atom. The molecule has 1 aromatic heterocycles. The fourth-order valence-electron chi connectivity index (χ4n) is 7.06. The molecular weight excluding hydrogens is 512 g/mol. The highest BCUT2D eigenvalue weighted by Gasteiger charge is 2.46. The number of methoxy groups -OCH3 is 2. The minimum absolute atomic E-state index is 0.0710. The van der Waals surface area contributed by atoms with Crippen molar-refractivity contribution in [1.82, 2.24) is 9.47 Å². The van der Waals surface area contributed by atoms with Crippen LogP contribution in [-0.2, 0) is 24.2 Å². The van der Waals surface area contributed by atoms with Crippen LogP contribution in [-0.4, -0.2) is 41.9 Å². The Morgan fingerprint density at radius 2 is 1.59 bits per heavy atom. The van der Waals surface area contributed by atoms with Gasteiger partial charge in [-0.25, -0.2) is 0 Å². The first-order valence-electron chi connectivity index (χ1n) is 14.2. The summed E-state index contributed by atoms with van der Waals surface area (Å²) < 4.78 is 13.5. The molecule has 7 rings (SSSR count). The molecule has 6 nitrogen and oxygen atoms in total. The van der Waals surface area contributed by atoms with Gasteiger partial charge in [0.2, 0.25) is 0 Å². The number of ketones is 1. The van der Waals surface area contributed by atoms with E-state index in [2.05, 4.69) is 66.1 Å². The minimum Gasteiger partial charge on any atom is -0.493 e. The molecule has 2 aliphatic rings. The smallest absolute Gasteiger partial charge is 0.254 e. The summed E-state index contributed by atoms with van der Waals surface area (Å²) >= 11 is 0. The van der Waals surface area contributed by atoms with Crippen molar-refractivity contribution >= 4 is 33.5 Å². The van der Waals surface area contributed by atoms with Crippen LogP contribution in [0.1, 0.15) is 51.5 Å². The van der Waals surface area contributed by atoms with Gasteiger partial charge in [0.15, 0.2) is 11.5 Å². The fourth-order valence-corrected chi connectivity index (χ4v) is 7.06. The Balaban J connectivity index is 1.36. The molecule has 0 aliphatic carbocycles. The average Bonchev–Trinajstić information content (AvgIpc) is 3.33. The van der Waals surface area contributed by atoms with E-state index in [1.807, 2.05) is 23.1 Å². The molecule has 3 heterocycles. The van der Waals surface area contributed by atoms with Gasteiger partial charge in [-0.2, -0.15) is 0 Å². The number of carbonyl (C=O) groups excluding carboxylic acids is 2. The van der Waals surface area contributed by atoms with Gasteiger partial charge < -0.3 is 18.9 Å². The summed E-state index contributed by atoms with van der Waals surface area (Å²) in [6.07, 6.45) is 1.03. The average molecular weight is 545 g/mol. The molecule has 0 bridgehead atoms. The van der Waals surface area contributed by atoms with Crippen LogP contribution >= 0.6 is 0 Å². The maximum absolute atomic E-state index is 14.5. The highest BCUT2D eigenvalue weighted by atomic mass is 16.5. The molecule has 1 amide bonds. The van der Waals surface area contributed by atoms with E-state index in [4.69, 9.17) is 9.47 Å². The van der Waals surface area contributed by atoms with Gasteiger partial charge in [-0.05, 0) is 65.9 Å². The summed E-state index contributed by atoms with van der Waals surface area (Å²) in [5.41, 5.74) is 6.80. The van der Waals surface area contributed by atoms with E-state index in [9.17, 15) is 9.59 Å². The topological polar surface area (TPSA) is 60.8 Å². The molecule has 4 aromatic carbocycles. The summed E-state index contributed by atoms with van der Waals surface area (Å²) in [6.45, 7) is 3.60. The number of hydrogen-bond acceptors (Lipinski definition) is 4. The van der Waals surface area contributed by atoms with Gasteiger partial charge in [0, 0.05) is 46.9 Å². The van der Waals surface area contributed by atoms with Gasteiger partial charge in [-0.3, -0.25) is 9.59 Å². The van der Waals surface area contributed by atoms with Crippen molar-refractivity contribution < 1.29 is 19.1 Å². The van der Waals surface area contributed by atoms with E-state index < -0.39 is 5.92 Å². The molecule has 5 aromatic rings. The van der Waals surface area contributed by atoms with Crippen molar-refractivity contribution in [2.24, 2.45) is 0 Å². The number of rotatable bonds is 6. The Kier molecular flexibility index (Phi) is 6.07. The number of carbonyl (C=O) groups is 2. The predicted molar refractivity (Wildman–Crippen MR) is 160 cm³/mol. The summed E-state index contributed by atoms with van der Waals surface area (Å²) in [5.74, 6) is 0.480. The molecule has 2 atom stereocenters. The van der Waals surface area contributed by atoms with Crippen LogP contribution in [0.15, 0.2) is 78.9 Å². The number of aryl methyl sites for hydroxylation is 1. The zero-order valence-corrected chi connectivity index (χ0v) is 23.5. The summed E-state index contributed by atoms with van der Waals surface area (Å²) in [7, 11) is 3.14. The van der Waals surface area contributed by atoms with Crippen molar-refractivity contribution in [3.63, 3.8) is 0 Å².